The Labute approximate surface area is 212 Å². The lowest BCUT2D eigenvalue weighted by atomic mass is 9.99. The van der Waals surface area contributed by atoms with E-state index >= 15 is 0 Å². The summed E-state index contributed by atoms with van der Waals surface area (Å²) in [5.74, 6) is 1.40. The van der Waals surface area contributed by atoms with E-state index < -0.39 is 0 Å². The Kier molecular flexibility index (Phi) is 7.36. The van der Waals surface area contributed by atoms with Gasteiger partial charge in [0, 0.05) is 16.1 Å². The smallest absolute Gasteiger partial charge is 0.237 e. The molecule has 0 saturated heterocycles. The van der Waals surface area contributed by atoms with Crippen LogP contribution in [0.2, 0.25) is 5.02 Å². The van der Waals surface area contributed by atoms with E-state index in [9.17, 15) is 5.26 Å². The average molecular weight is 502 g/mol. The van der Waals surface area contributed by atoms with Gasteiger partial charge in [0.25, 0.3) is 0 Å². The Morgan fingerprint density at radius 2 is 1.81 bits per heavy atom. The maximum Gasteiger partial charge on any atom is 0.237 e. The molecular weight excluding hydrogens is 482 g/mol. The second-order valence-corrected chi connectivity index (χ2v) is 7.97. The summed E-state index contributed by atoms with van der Waals surface area (Å²) in [5, 5.41) is 19.5. The Balaban J connectivity index is 1.66. The van der Waals surface area contributed by atoms with Crippen LogP contribution in [0.4, 0.5) is 11.5 Å². The first-order valence-corrected chi connectivity index (χ1v) is 11.1. The molecule has 0 fully saturated rings. The minimum atomic E-state index is -0.115. The first kappa shape index (κ1) is 24.6. The van der Waals surface area contributed by atoms with E-state index in [1.54, 1.807) is 55.5 Å². The van der Waals surface area contributed by atoms with Crippen molar-refractivity contribution >= 4 is 23.1 Å². The standard InChI is InChI=1S/C26H20ClN5O4/c1-15-21(31-25(36-15)17-3-7-18(27)8-4-17)14-35-26-20(13-28)22(23(30-2)24(29)32-26)16-5-9-19(10-6-16)34-12-11-33/h3-10,33H,11-12,14H2,1H3,(H2,29,32). The first-order valence-electron chi connectivity index (χ1n) is 10.7. The van der Waals surface area contributed by atoms with Crippen LogP contribution in [-0.4, -0.2) is 28.3 Å². The topological polar surface area (TPSA) is 132 Å². The van der Waals surface area contributed by atoms with Crippen molar-refractivity contribution in [3.63, 3.8) is 0 Å². The number of nitrogens with two attached hydrogens (primary N) is 1. The highest BCUT2D eigenvalue weighted by atomic mass is 35.5. The quantitative estimate of drug-likeness (QED) is 0.310. The van der Waals surface area contributed by atoms with Crippen LogP contribution in [0, 0.1) is 24.8 Å². The molecule has 180 valence electrons. The molecule has 2 aromatic heterocycles. The molecule has 4 aromatic rings. The van der Waals surface area contributed by atoms with Gasteiger partial charge in [0.1, 0.15) is 47.9 Å². The number of oxazole rings is 1. The number of aromatic nitrogens is 2. The van der Waals surface area contributed by atoms with Crippen LogP contribution in [0.3, 0.4) is 0 Å². The molecule has 0 aliphatic rings. The van der Waals surface area contributed by atoms with E-state index in [-0.39, 0.29) is 42.8 Å². The number of hydrogen-bond donors (Lipinski definition) is 2. The summed E-state index contributed by atoms with van der Waals surface area (Å²) < 4.78 is 17.0. The first-order chi connectivity index (χ1) is 17.4. The number of rotatable bonds is 8. The van der Waals surface area contributed by atoms with E-state index in [0.29, 0.717) is 39.2 Å². The molecule has 2 heterocycles. The number of benzene rings is 2. The fraction of sp³-hybridized carbons (Fsp3) is 0.154. The summed E-state index contributed by atoms with van der Waals surface area (Å²) in [4.78, 5) is 12.2. The third-order valence-electron chi connectivity index (χ3n) is 5.22. The van der Waals surface area contributed by atoms with Gasteiger partial charge in [-0.25, -0.2) is 14.8 Å². The number of nitriles is 1. The minimum Gasteiger partial charge on any atom is -0.491 e. The Hall–Kier alpha value is -4.57. The molecule has 2 aromatic carbocycles. The predicted octanol–water partition coefficient (Wildman–Crippen LogP) is 5.32. The van der Waals surface area contributed by atoms with E-state index in [2.05, 4.69) is 20.9 Å². The largest absolute Gasteiger partial charge is 0.491 e. The number of aliphatic hydroxyl groups is 1. The van der Waals surface area contributed by atoms with Crippen molar-refractivity contribution < 1.29 is 19.0 Å². The van der Waals surface area contributed by atoms with Crippen LogP contribution in [0.1, 0.15) is 17.0 Å². The highest BCUT2D eigenvalue weighted by Crippen LogP contribution is 2.41. The normalized spacial score (nSPS) is 10.5. The summed E-state index contributed by atoms with van der Waals surface area (Å²) in [6.07, 6.45) is 0. The van der Waals surface area contributed by atoms with Crippen LogP contribution < -0.4 is 15.2 Å². The predicted molar refractivity (Wildman–Crippen MR) is 134 cm³/mol. The minimum absolute atomic E-state index is 0.0200. The van der Waals surface area contributed by atoms with Crippen LogP contribution >= 0.6 is 11.6 Å². The molecule has 0 aliphatic carbocycles. The number of nitrogen functional groups attached to an aromatic ring is 1. The van der Waals surface area contributed by atoms with Crippen molar-refractivity contribution in [3.8, 4) is 40.3 Å². The molecule has 3 N–H and O–H groups in total. The highest BCUT2D eigenvalue weighted by molar-refractivity contribution is 6.30. The molecule has 0 atom stereocenters. The SMILES string of the molecule is [C-]#[N+]c1c(N)nc(OCc2nc(-c3ccc(Cl)cc3)oc2C)c(C#N)c1-c1ccc(OCCO)cc1. The lowest BCUT2D eigenvalue weighted by Crippen LogP contribution is -2.05. The zero-order valence-corrected chi connectivity index (χ0v) is 19.9. The molecule has 4 rings (SSSR count). The van der Waals surface area contributed by atoms with Gasteiger partial charge in [0.05, 0.1) is 13.2 Å². The number of pyridine rings is 1. The fourth-order valence-corrected chi connectivity index (χ4v) is 3.60. The molecule has 0 radical (unpaired) electrons. The lowest BCUT2D eigenvalue weighted by molar-refractivity contribution is 0.201. The summed E-state index contributed by atoms with van der Waals surface area (Å²) in [7, 11) is 0. The Bertz CT molecular complexity index is 1470. The Morgan fingerprint density at radius 3 is 2.44 bits per heavy atom. The molecular formula is C26H20ClN5O4. The van der Waals surface area contributed by atoms with Crippen LogP contribution in [0.15, 0.2) is 52.9 Å². The average Bonchev–Trinajstić information content (AvgIpc) is 3.26. The van der Waals surface area contributed by atoms with Gasteiger partial charge < -0.3 is 24.7 Å². The number of nitrogens with zero attached hydrogens (tertiary/aromatic N) is 4. The van der Waals surface area contributed by atoms with Crippen LogP contribution in [0.5, 0.6) is 11.6 Å². The van der Waals surface area contributed by atoms with Gasteiger partial charge in [-0.3, -0.25) is 0 Å². The second kappa shape index (κ2) is 10.8. The molecule has 10 heteroatoms. The zero-order valence-electron chi connectivity index (χ0n) is 19.2. The summed E-state index contributed by atoms with van der Waals surface area (Å²) in [6.45, 7) is 9.34. The van der Waals surface area contributed by atoms with Crippen LogP contribution in [-0.2, 0) is 6.61 Å². The number of aliphatic hydroxyl groups excluding tert-OH is 1. The molecule has 0 amide bonds. The van der Waals surface area contributed by atoms with E-state index in [4.69, 9.17) is 42.9 Å². The monoisotopic (exact) mass is 501 g/mol. The maximum absolute atomic E-state index is 9.96. The lowest BCUT2D eigenvalue weighted by Gasteiger charge is -2.14. The van der Waals surface area contributed by atoms with Crippen LogP contribution in [0.25, 0.3) is 27.4 Å². The van der Waals surface area contributed by atoms with Crippen molar-refractivity contribution in [2.45, 2.75) is 13.5 Å². The summed E-state index contributed by atoms with van der Waals surface area (Å²) in [5.41, 5.74) is 8.33. The van der Waals surface area contributed by atoms with Gasteiger partial charge in [-0.1, -0.05) is 23.7 Å². The summed E-state index contributed by atoms with van der Waals surface area (Å²) in [6, 6.07) is 15.9. The van der Waals surface area contributed by atoms with Crippen molar-refractivity contribution in [2.75, 3.05) is 18.9 Å². The molecule has 0 spiro atoms. The van der Waals surface area contributed by atoms with E-state index in [1.807, 2.05) is 0 Å². The Morgan fingerprint density at radius 1 is 1.11 bits per heavy atom. The molecule has 0 saturated carbocycles. The van der Waals surface area contributed by atoms with Gasteiger partial charge in [-0.15, -0.1) is 0 Å². The molecule has 0 bridgehead atoms. The van der Waals surface area contributed by atoms with Crippen molar-refractivity contribution in [2.24, 2.45) is 0 Å². The molecule has 0 unspecified atom stereocenters. The van der Waals surface area contributed by atoms with Gasteiger partial charge >= 0.3 is 0 Å². The van der Waals surface area contributed by atoms with E-state index in [0.717, 1.165) is 5.56 Å². The second-order valence-electron chi connectivity index (χ2n) is 7.54. The van der Waals surface area contributed by atoms with E-state index in [1.165, 1.54) is 0 Å². The number of aryl methyl sites for hydroxylation is 1. The zero-order chi connectivity index (χ0) is 25.7. The number of ether oxygens (including phenoxy) is 2. The van der Waals surface area contributed by atoms with Gasteiger partial charge in [0.15, 0.2) is 0 Å². The highest BCUT2D eigenvalue weighted by Gasteiger charge is 2.22. The van der Waals surface area contributed by atoms with Gasteiger partial charge in [-0.2, -0.15) is 5.26 Å². The van der Waals surface area contributed by atoms with Crippen molar-refractivity contribution in [1.82, 2.24) is 9.97 Å². The summed E-state index contributed by atoms with van der Waals surface area (Å²) >= 11 is 5.95. The third-order valence-corrected chi connectivity index (χ3v) is 5.47. The van der Waals surface area contributed by atoms with Crippen molar-refractivity contribution in [1.29, 1.82) is 5.26 Å². The molecule has 9 nitrogen and oxygen atoms in total. The van der Waals surface area contributed by atoms with Gasteiger partial charge in [-0.05, 0) is 48.9 Å². The molecule has 0 aliphatic heterocycles. The molecule has 36 heavy (non-hydrogen) atoms. The number of anilines is 1. The van der Waals surface area contributed by atoms with Crippen molar-refractivity contribution in [3.05, 3.63) is 82.0 Å². The number of hydrogen-bond acceptors (Lipinski definition) is 8. The fourth-order valence-electron chi connectivity index (χ4n) is 3.47. The maximum atomic E-state index is 9.96. The third kappa shape index (κ3) is 5.08. The number of halogens is 1. The van der Waals surface area contributed by atoms with Gasteiger partial charge in [0.2, 0.25) is 17.5 Å².